The minimum atomic E-state index is -0.625. The molecule has 3 atom stereocenters. The van der Waals surface area contributed by atoms with Crippen LogP contribution >= 0.6 is 0 Å². The lowest BCUT2D eigenvalue weighted by atomic mass is 9.96. The minimum absolute atomic E-state index is 0.0817. The molecule has 0 aromatic heterocycles. The molecule has 0 aromatic carbocycles. The summed E-state index contributed by atoms with van der Waals surface area (Å²) in [6, 6.07) is 0. The van der Waals surface area contributed by atoms with Gasteiger partial charge >= 0.3 is 5.97 Å². The van der Waals surface area contributed by atoms with Crippen LogP contribution in [0.3, 0.4) is 0 Å². The first-order valence-corrected chi connectivity index (χ1v) is 6.92. The fourth-order valence-corrected chi connectivity index (χ4v) is 2.06. The molecule has 20 heavy (non-hydrogen) atoms. The number of methoxy groups -OCH3 is 1. The van der Waals surface area contributed by atoms with Gasteiger partial charge in [0.1, 0.15) is 12.7 Å². The van der Waals surface area contributed by atoms with Crippen molar-refractivity contribution in [2.45, 2.75) is 38.9 Å². The van der Waals surface area contributed by atoms with Crippen LogP contribution in [0, 0.1) is 5.92 Å². The van der Waals surface area contributed by atoms with E-state index in [4.69, 9.17) is 9.47 Å². The third-order valence-electron chi connectivity index (χ3n) is 3.22. The van der Waals surface area contributed by atoms with E-state index in [1.807, 2.05) is 32.1 Å². The van der Waals surface area contributed by atoms with E-state index in [1.54, 1.807) is 13.2 Å². The lowest BCUT2D eigenvalue weighted by Gasteiger charge is -2.23. The Kier molecular flexibility index (Phi) is 7.26. The number of hydrogen-bond acceptors (Lipinski definition) is 4. The number of carbonyl (C=O) groups is 1. The van der Waals surface area contributed by atoms with Crippen molar-refractivity contribution in [2.24, 2.45) is 5.92 Å². The molecule has 4 nitrogen and oxygen atoms in total. The van der Waals surface area contributed by atoms with Crippen LogP contribution in [-0.2, 0) is 14.3 Å². The Morgan fingerprint density at radius 2 is 2.05 bits per heavy atom. The highest BCUT2D eigenvalue weighted by atomic mass is 16.5. The lowest BCUT2D eigenvalue weighted by molar-refractivity contribution is -0.136. The number of rotatable bonds is 1. The summed E-state index contributed by atoms with van der Waals surface area (Å²) < 4.78 is 10.4. The molecular formula is C16H24O4. The predicted octanol–water partition coefficient (Wildman–Crippen LogP) is 2.39. The zero-order chi connectivity index (χ0) is 15.0. The largest absolute Gasteiger partial charge is 0.458 e. The van der Waals surface area contributed by atoms with Gasteiger partial charge in [0, 0.05) is 19.1 Å². The second kappa shape index (κ2) is 8.72. The Labute approximate surface area is 120 Å². The van der Waals surface area contributed by atoms with E-state index in [1.165, 1.54) is 6.08 Å². The molecule has 0 fully saturated rings. The van der Waals surface area contributed by atoms with Gasteiger partial charge < -0.3 is 14.6 Å². The summed E-state index contributed by atoms with van der Waals surface area (Å²) in [5.41, 5.74) is 0.911. The van der Waals surface area contributed by atoms with Gasteiger partial charge in [0.2, 0.25) is 0 Å². The van der Waals surface area contributed by atoms with E-state index in [0.29, 0.717) is 0 Å². The molecule has 112 valence electrons. The Bertz CT molecular complexity index is 395. The van der Waals surface area contributed by atoms with Crippen molar-refractivity contribution in [1.82, 2.24) is 0 Å². The predicted molar refractivity (Wildman–Crippen MR) is 78.2 cm³/mol. The van der Waals surface area contributed by atoms with E-state index >= 15 is 0 Å². The van der Waals surface area contributed by atoms with Gasteiger partial charge in [-0.3, -0.25) is 0 Å². The number of aliphatic hydroxyl groups is 1. The second-order valence-electron chi connectivity index (χ2n) is 5.08. The van der Waals surface area contributed by atoms with E-state index in [9.17, 15) is 9.90 Å². The first-order valence-electron chi connectivity index (χ1n) is 6.92. The molecule has 0 aliphatic carbocycles. The maximum atomic E-state index is 11.4. The molecule has 0 amide bonds. The van der Waals surface area contributed by atoms with Crippen LogP contribution in [0.4, 0.5) is 0 Å². The van der Waals surface area contributed by atoms with Crippen molar-refractivity contribution >= 4 is 5.97 Å². The third-order valence-corrected chi connectivity index (χ3v) is 3.22. The molecule has 0 radical (unpaired) electrons. The highest BCUT2D eigenvalue weighted by Gasteiger charge is 2.21. The highest BCUT2D eigenvalue weighted by molar-refractivity contribution is 5.81. The van der Waals surface area contributed by atoms with Crippen LogP contribution in [0.2, 0.25) is 0 Å². The number of hydrogen-bond donors (Lipinski definition) is 1. The van der Waals surface area contributed by atoms with Crippen molar-refractivity contribution in [3.05, 3.63) is 36.0 Å². The smallest absolute Gasteiger partial charge is 0.330 e. The Morgan fingerprint density at radius 1 is 1.35 bits per heavy atom. The molecule has 1 unspecified atom stereocenters. The summed E-state index contributed by atoms with van der Waals surface area (Å²) >= 11 is 0. The second-order valence-corrected chi connectivity index (χ2v) is 5.08. The number of cyclic esters (lactones) is 1. The van der Waals surface area contributed by atoms with Gasteiger partial charge in [-0.15, -0.1) is 0 Å². The van der Waals surface area contributed by atoms with Gasteiger partial charge in [0.05, 0.1) is 6.10 Å². The van der Waals surface area contributed by atoms with Crippen molar-refractivity contribution in [2.75, 3.05) is 13.7 Å². The minimum Gasteiger partial charge on any atom is -0.458 e. The van der Waals surface area contributed by atoms with Crippen molar-refractivity contribution in [3.8, 4) is 0 Å². The van der Waals surface area contributed by atoms with Crippen LogP contribution in [-0.4, -0.2) is 37.0 Å². The normalized spacial score (nSPS) is 29.5. The zero-order valence-electron chi connectivity index (χ0n) is 12.4. The number of ether oxygens (including phenoxy) is 2. The van der Waals surface area contributed by atoms with Gasteiger partial charge in [-0.1, -0.05) is 31.2 Å². The standard InChI is InChI=1S/C16H24O4/c1-12-10-13(2)16(18)14(19-3)8-6-4-5-7-9-15(17)20-11-12/h6-10,13-14,16,18H,4-5,11H2,1-3H3/t13?,14-,16-/m0/s1. The number of allylic oxidation sites excluding steroid dienone is 2. The summed E-state index contributed by atoms with van der Waals surface area (Å²) in [4.78, 5) is 11.4. The first kappa shape index (κ1) is 16.7. The zero-order valence-corrected chi connectivity index (χ0v) is 12.4. The number of aliphatic hydroxyl groups excluding tert-OH is 1. The number of carbonyl (C=O) groups excluding carboxylic acids is 1. The molecule has 1 aliphatic rings. The average Bonchev–Trinajstić information content (AvgIpc) is 2.43. The van der Waals surface area contributed by atoms with E-state index in [0.717, 1.165) is 18.4 Å². The number of esters is 1. The summed E-state index contributed by atoms with van der Waals surface area (Å²) in [6.45, 7) is 4.04. The molecule has 0 saturated carbocycles. The third kappa shape index (κ3) is 5.72. The molecule has 0 aromatic rings. The van der Waals surface area contributed by atoms with Crippen molar-refractivity contribution < 1.29 is 19.4 Å². The monoisotopic (exact) mass is 280 g/mol. The SMILES string of the molecule is CO[C@H]1C=CCCC=CC(=O)OCC(C)=CC(C)[C@@H]1O. The summed E-state index contributed by atoms with van der Waals surface area (Å²) in [7, 11) is 1.59. The maximum Gasteiger partial charge on any atom is 0.330 e. The summed E-state index contributed by atoms with van der Waals surface area (Å²) in [6.07, 6.45) is 9.58. The molecular weight excluding hydrogens is 256 g/mol. The molecule has 0 spiro atoms. The molecule has 1 aliphatic heterocycles. The average molecular weight is 280 g/mol. The molecule has 1 rings (SSSR count). The van der Waals surface area contributed by atoms with Crippen molar-refractivity contribution in [3.63, 3.8) is 0 Å². The highest BCUT2D eigenvalue weighted by Crippen LogP contribution is 2.15. The van der Waals surface area contributed by atoms with Crippen LogP contribution in [0.15, 0.2) is 36.0 Å². The quantitative estimate of drug-likeness (QED) is 0.592. The van der Waals surface area contributed by atoms with Crippen LogP contribution in [0.25, 0.3) is 0 Å². The van der Waals surface area contributed by atoms with Gasteiger partial charge in [-0.2, -0.15) is 0 Å². The fraction of sp³-hybridized carbons (Fsp3) is 0.562. The van der Waals surface area contributed by atoms with Crippen LogP contribution in [0.5, 0.6) is 0 Å². The maximum absolute atomic E-state index is 11.4. The Morgan fingerprint density at radius 3 is 2.75 bits per heavy atom. The van der Waals surface area contributed by atoms with Gasteiger partial charge in [0.25, 0.3) is 0 Å². The first-order chi connectivity index (χ1) is 9.54. The Hall–Kier alpha value is -1.39. The molecule has 0 bridgehead atoms. The van der Waals surface area contributed by atoms with Crippen LogP contribution in [0.1, 0.15) is 26.7 Å². The van der Waals surface area contributed by atoms with Gasteiger partial charge in [0.15, 0.2) is 0 Å². The fourth-order valence-electron chi connectivity index (χ4n) is 2.06. The lowest BCUT2D eigenvalue weighted by Crippen LogP contribution is -2.31. The van der Waals surface area contributed by atoms with Gasteiger partial charge in [-0.05, 0) is 25.3 Å². The van der Waals surface area contributed by atoms with Gasteiger partial charge in [-0.25, -0.2) is 4.79 Å². The van der Waals surface area contributed by atoms with E-state index in [-0.39, 0.29) is 24.6 Å². The van der Waals surface area contributed by atoms with Crippen LogP contribution < -0.4 is 0 Å². The summed E-state index contributed by atoms with van der Waals surface area (Å²) in [5, 5.41) is 10.3. The summed E-state index contributed by atoms with van der Waals surface area (Å²) in [5.74, 6) is -0.413. The molecule has 1 heterocycles. The van der Waals surface area contributed by atoms with Crippen molar-refractivity contribution in [1.29, 1.82) is 0 Å². The Balaban J connectivity index is 2.86. The molecule has 4 heteroatoms. The molecule has 1 N–H and O–H groups in total. The van der Waals surface area contributed by atoms with E-state index in [2.05, 4.69) is 0 Å². The van der Waals surface area contributed by atoms with E-state index < -0.39 is 6.10 Å². The topological polar surface area (TPSA) is 55.8 Å². The molecule has 0 saturated heterocycles.